The molecule has 0 aliphatic heterocycles. The lowest BCUT2D eigenvalue weighted by Crippen LogP contribution is -2.10. The van der Waals surface area contributed by atoms with Crippen LogP contribution in [0.1, 0.15) is 22.4 Å². The maximum Gasteiger partial charge on any atom is 0.342 e. The molecule has 0 amide bonds. The highest BCUT2D eigenvalue weighted by Gasteiger charge is 2.24. The predicted octanol–water partition coefficient (Wildman–Crippen LogP) is 0.644. The smallest absolute Gasteiger partial charge is 0.342 e. The van der Waals surface area contributed by atoms with Gasteiger partial charge in [0.05, 0.1) is 0 Å². The standard InChI is InChI=1S/C10H7NO6/c12-6(10(15)16)8-11-5-3-1-2-4(9(13)14)7(5)17-8/h1-3,6,12H,(H,13,14)(H,15,16). The lowest BCUT2D eigenvalue weighted by molar-refractivity contribution is -0.148. The molecule has 17 heavy (non-hydrogen) atoms. The van der Waals surface area contributed by atoms with Crippen molar-refractivity contribution in [1.82, 2.24) is 4.98 Å². The number of rotatable bonds is 3. The minimum atomic E-state index is -1.91. The predicted molar refractivity (Wildman–Crippen MR) is 53.6 cm³/mol. The Hall–Kier alpha value is -2.41. The molecule has 7 nitrogen and oxygen atoms in total. The van der Waals surface area contributed by atoms with Gasteiger partial charge in [-0.1, -0.05) is 6.07 Å². The highest BCUT2D eigenvalue weighted by atomic mass is 16.4. The van der Waals surface area contributed by atoms with Crippen LogP contribution in [-0.2, 0) is 4.79 Å². The molecule has 0 fully saturated rings. The maximum atomic E-state index is 10.9. The maximum absolute atomic E-state index is 10.9. The van der Waals surface area contributed by atoms with E-state index in [1.54, 1.807) is 0 Å². The Labute approximate surface area is 93.9 Å². The average Bonchev–Trinajstić information content (AvgIpc) is 2.70. The number of hydrogen-bond acceptors (Lipinski definition) is 5. The Balaban J connectivity index is 2.61. The van der Waals surface area contributed by atoms with Gasteiger partial charge in [0, 0.05) is 0 Å². The molecule has 0 aliphatic carbocycles. The first kappa shape index (κ1) is 11.1. The third-order valence-corrected chi connectivity index (χ3v) is 2.13. The first-order valence-electron chi connectivity index (χ1n) is 4.54. The zero-order valence-electron chi connectivity index (χ0n) is 8.32. The van der Waals surface area contributed by atoms with E-state index in [2.05, 4.69) is 4.98 Å². The van der Waals surface area contributed by atoms with Crippen molar-refractivity contribution in [3.05, 3.63) is 29.7 Å². The van der Waals surface area contributed by atoms with E-state index in [0.717, 1.165) is 0 Å². The number of benzene rings is 1. The summed E-state index contributed by atoms with van der Waals surface area (Å²) in [6.07, 6.45) is -1.91. The summed E-state index contributed by atoms with van der Waals surface area (Å²) in [5, 5.41) is 26.7. The number of carboxylic acids is 2. The Morgan fingerprint density at radius 2 is 2.00 bits per heavy atom. The number of aromatic nitrogens is 1. The summed E-state index contributed by atoms with van der Waals surface area (Å²) in [6.45, 7) is 0. The van der Waals surface area contributed by atoms with Crippen molar-refractivity contribution in [3.63, 3.8) is 0 Å². The minimum Gasteiger partial charge on any atom is -0.479 e. The fourth-order valence-corrected chi connectivity index (χ4v) is 1.36. The Bertz CT molecular complexity index is 602. The van der Waals surface area contributed by atoms with Crippen LogP contribution in [0.5, 0.6) is 0 Å². The van der Waals surface area contributed by atoms with Crippen LogP contribution >= 0.6 is 0 Å². The van der Waals surface area contributed by atoms with Gasteiger partial charge in [0.2, 0.25) is 12.0 Å². The number of carboxylic acid groups (broad SMARTS) is 2. The number of carbonyl (C=O) groups is 2. The number of aliphatic hydroxyl groups is 1. The molecular weight excluding hydrogens is 230 g/mol. The SMILES string of the molecule is O=C(O)c1cccc2nc(C(O)C(=O)O)oc12. The largest absolute Gasteiger partial charge is 0.479 e. The minimum absolute atomic E-state index is 0.0599. The molecule has 1 atom stereocenters. The van der Waals surface area contributed by atoms with Crippen LogP contribution in [-0.4, -0.2) is 32.2 Å². The molecule has 88 valence electrons. The van der Waals surface area contributed by atoms with Crippen molar-refractivity contribution in [2.45, 2.75) is 6.10 Å². The van der Waals surface area contributed by atoms with Crippen LogP contribution in [0.2, 0.25) is 0 Å². The van der Waals surface area contributed by atoms with E-state index in [1.807, 2.05) is 0 Å². The lowest BCUT2D eigenvalue weighted by Gasteiger charge is -1.97. The molecule has 0 saturated heterocycles. The zero-order chi connectivity index (χ0) is 12.6. The van der Waals surface area contributed by atoms with E-state index < -0.39 is 23.9 Å². The van der Waals surface area contributed by atoms with Gasteiger partial charge in [-0.15, -0.1) is 0 Å². The van der Waals surface area contributed by atoms with Crippen LogP contribution in [0.4, 0.5) is 0 Å². The second-order valence-corrected chi connectivity index (χ2v) is 3.25. The number of hydrogen-bond donors (Lipinski definition) is 3. The quantitative estimate of drug-likeness (QED) is 0.716. The van der Waals surface area contributed by atoms with Crippen molar-refractivity contribution < 1.29 is 29.3 Å². The number of oxazole rings is 1. The molecule has 0 spiro atoms. The number of fused-ring (bicyclic) bond motifs is 1. The fraction of sp³-hybridized carbons (Fsp3) is 0.100. The number of aromatic carboxylic acids is 1. The van der Waals surface area contributed by atoms with Crippen LogP contribution in [0.15, 0.2) is 22.6 Å². The molecule has 0 saturated carbocycles. The second-order valence-electron chi connectivity index (χ2n) is 3.25. The fourth-order valence-electron chi connectivity index (χ4n) is 1.36. The van der Waals surface area contributed by atoms with E-state index in [4.69, 9.17) is 14.6 Å². The molecule has 7 heteroatoms. The Morgan fingerprint density at radius 3 is 2.59 bits per heavy atom. The highest BCUT2D eigenvalue weighted by Crippen LogP contribution is 2.23. The highest BCUT2D eigenvalue weighted by molar-refractivity contribution is 6.00. The van der Waals surface area contributed by atoms with Crippen LogP contribution in [0.25, 0.3) is 11.1 Å². The summed E-state index contributed by atoms with van der Waals surface area (Å²) in [4.78, 5) is 25.1. The molecule has 0 radical (unpaired) electrons. The zero-order valence-corrected chi connectivity index (χ0v) is 8.32. The van der Waals surface area contributed by atoms with E-state index in [9.17, 15) is 14.7 Å². The average molecular weight is 237 g/mol. The molecule has 1 aromatic heterocycles. The van der Waals surface area contributed by atoms with E-state index >= 15 is 0 Å². The second kappa shape index (κ2) is 3.87. The van der Waals surface area contributed by atoms with E-state index in [1.165, 1.54) is 18.2 Å². The van der Waals surface area contributed by atoms with Crippen molar-refractivity contribution in [1.29, 1.82) is 0 Å². The van der Waals surface area contributed by atoms with Crippen LogP contribution < -0.4 is 0 Å². The normalized spacial score (nSPS) is 12.5. The van der Waals surface area contributed by atoms with E-state index in [-0.39, 0.29) is 16.7 Å². The lowest BCUT2D eigenvalue weighted by atomic mass is 10.2. The summed E-state index contributed by atoms with van der Waals surface area (Å²) in [7, 11) is 0. The van der Waals surface area contributed by atoms with Gasteiger partial charge >= 0.3 is 11.9 Å². The molecule has 3 N–H and O–H groups in total. The molecule has 0 bridgehead atoms. The Morgan fingerprint density at radius 1 is 1.29 bits per heavy atom. The van der Waals surface area contributed by atoms with Gasteiger partial charge in [-0.05, 0) is 12.1 Å². The van der Waals surface area contributed by atoms with Gasteiger partial charge in [0.1, 0.15) is 11.1 Å². The van der Waals surface area contributed by atoms with Crippen molar-refractivity contribution in [2.75, 3.05) is 0 Å². The molecule has 1 aromatic carbocycles. The third kappa shape index (κ3) is 1.83. The third-order valence-electron chi connectivity index (χ3n) is 2.13. The van der Waals surface area contributed by atoms with Gasteiger partial charge in [0.15, 0.2) is 5.58 Å². The Kier molecular flexibility index (Phi) is 2.52. The van der Waals surface area contributed by atoms with Crippen molar-refractivity contribution >= 4 is 23.0 Å². The van der Waals surface area contributed by atoms with Gasteiger partial charge in [-0.25, -0.2) is 14.6 Å². The van der Waals surface area contributed by atoms with E-state index in [0.29, 0.717) is 0 Å². The molecule has 1 unspecified atom stereocenters. The summed E-state index contributed by atoms with van der Waals surface area (Å²) >= 11 is 0. The summed E-state index contributed by atoms with van der Waals surface area (Å²) < 4.78 is 4.96. The van der Waals surface area contributed by atoms with Gasteiger partial charge in [-0.3, -0.25) is 0 Å². The first-order chi connectivity index (χ1) is 8.00. The van der Waals surface area contributed by atoms with Crippen molar-refractivity contribution in [2.24, 2.45) is 0 Å². The van der Waals surface area contributed by atoms with Gasteiger partial charge < -0.3 is 19.7 Å². The topological polar surface area (TPSA) is 121 Å². The molecule has 1 heterocycles. The van der Waals surface area contributed by atoms with Gasteiger partial charge in [0.25, 0.3) is 0 Å². The number of nitrogens with zero attached hydrogens (tertiary/aromatic N) is 1. The molecule has 2 aromatic rings. The van der Waals surface area contributed by atoms with Gasteiger partial charge in [-0.2, -0.15) is 0 Å². The molecular formula is C10H7NO6. The first-order valence-corrected chi connectivity index (χ1v) is 4.54. The summed E-state index contributed by atoms with van der Waals surface area (Å²) in [5.74, 6) is -3.18. The number of para-hydroxylation sites is 1. The number of aliphatic hydroxyl groups excluding tert-OH is 1. The number of aliphatic carboxylic acids is 1. The van der Waals surface area contributed by atoms with Crippen LogP contribution in [0.3, 0.4) is 0 Å². The van der Waals surface area contributed by atoms with Crippen molar-refractivity contribution in [3.8, 4) is 0 Å². The van der Waals surface area contributed by atoms with Crippen LogP contribution in [0, 0.1) is 0 Å². The summed E-state index contributed by atoms with van der Waals surface area (Å²) in [6, 6.07) is 4.21. The molecule has 2 rings (SSSR count). The summed E-state index contributed by atoms with van der Waals surface area (Å²) in [5.41, 5.74) is -0.0191. The monoisotopic (exact) mass is 237 g/mol. The molecule has 0 aliphatic rings.